The number of carbonyl (C=O) groups is 1. The number of para-hydroxylation sites is 1. The van der Waals surface area contributed by atoms with Crippen molar-refractivity contribution in [2.45, 2.75) is 18.9 Å². The summed E-state index contributed by atoms with van der Waals surface area (Å²) in [5, 5.41) is 20.9. The number of hydrogen-bond donors (Lipinski definition) is 1. The minimum absolute atomic E-state index is 0.00642. The van der Waals surface area contributed by atoms with Crippen molar-refractivity contribution in [1.82, 2.24) is 19.8 Å². The second-order valence-electron chi connectivity index (χ2n) is 6.80. The van der Waals surface area contributed by atoms with Crippen molar-refractivity contribution in [2.24, 2.45) is 0 Å². The topological polar surface area (TPSA) is 75.4 Å². The lowest BCUT2D eigenvalue weighted by Crippen LogP contribution is -2.48. The Morgan fingerprint density at radius 3 is 2.86 bits per heavy atom. The van der Waals surface area contributed by atoms with Gasteiger partial charge in [-0.05, 0) is 48.6 Å². The molecule has 1 unspecified atom stereocenters. The van der Waals surface area contributed by atoms with Crippen LogP contribution in [0.3, 0.4) is 0 Å². The van der Waals surface area contributed by atoms with E-state index in [-0.39, 0.29) is 11.9 Å². The van der Waals surface area contributed by atoms with E-state index < -0.39 is 0 Å². The maximum Gasteiger partial charge on any atom is 0.249 e. The molecule has 1 aliphatic rings. The second kappa shape index (κ2) is 7.46. The molecule has 146 valence electrons. The zero-order valence-corrected chi connectivity index (χ0v) is 16.9. The van der Waals surface area contributed by atoms with Gasteiger partial charge in [-0.15, -0.1) is 15.3 Å². The highest BCUT2D eigenvalue weighted by Crippen LogP contribution is 2.29. The molecule has 4 heterocycles. The first-order valence-electron chi connectivity index (χ1n) is 9.28. The highest BCUT2D eigenvalue weighted by atomic mass is 35.5. The Bertz CT molecular complexity index is 1170. The number of hydrogen-bond acceptors (Lipinski definition) is 6. The first-order valence-corrected chi connectivity index (χ1v) is 10.6. The minimum atomic E-state index is -0.369. The van der Waals surface area contributed by atoms with E-state index in [1.165, 1.54) is 0 Å². The lowest BCUT2D eigenvalue weighted by molar-refractivity contribution is -0.120. The third-order valence-corrected chi connectivity index (χ3v) is 5.95. The van der Waals surface area contributed by atoms with Gasteiger partial charge in [0, 0.05) is 17.5 Å². The Morgan fingerprint density at radius 1 is 1.14 bits per heavy atom. The van der Waals surface area contributed by atoms with Crippen molar-refractivity contribution in [3.05, 3.63) is 58.2 Å². The predicted molar refractivity (Wildman–Crippen MR) is 115 cm³/mol. The molecule has 0 saturated carbocycles. The van der Waals surface area contributed by atoms with Crippen molar-refractivity contribution in [1.29, 1.82) is 0 Å². The van der Waals surface area contributed by atoms with Crippen molar-refractivity contribution in [3.8, 4) is 11.4 Å². The molecule has 0 bridgehead atoms. The standard InChI is InChI=1S/C20H17ClN6OS/c21-14-4-1-2-6-16(14)26-10-3-5-15(20(26)28)22-17-7-8-18-23-24-19(27(18)25-17)13-9-11-29-12-13/h1-2,4,6-9,11-12,15H,3,5,10H2,(H,22,25). The van der Waals surface area contributed by atoms with Gasteiger partial charge in [0.1, 0.15) is 11.9 Å². The fourth-order valence-corrected chi connectivity index (χ4v) is 4.41. The Kier molecular flexibility index (Phi) is 4.65. The summed E-state index contributed by atoms with van der Waals surface area (Å²) in [5.41, 5.74) is 2.36. The van der Waals surface area contributed by atoms with Crippen LogP contribution in [0.15, 0.2) is 53.2 Å². The number of nitrogens with one attached hydrogen (secondary N) is 1. The molecule has 1 amide bonds. The average Bonchev–Trinajstić information content (AvgIpc) is 3.39. The number of fused-ring (bicyclic) bond motifs is 1. The maximum absolute atomic E-state index is 13.1. The molecule has 0 aliphatic carbocycles. The molecule has 4 aromatic rings. The molecule has 1 saturated heterocycles. The van der Waals surface area contributed by atoms with Crippen molar-refractivity contribution >= 4 is 46.0 Å². The summed E-state index contributed by atoms with van der Waals surface area (Å²) < 4.78 is 1.70. The number of rotatable bonds is 4. The third-order valence-electron chi connectivity index (χ3n) is 4.95. The number of halogens is 1. The fourth-order valence-electron chi connectivity index (χ4n) is 3.54. The highest BCUT2D eigenvalue weighted by molar-refractivity contribution is 7.08. The monoisotopic (exact) mass is 424 g/mol. The lowest BCUT2D eigenvalue weighted by atomic mass is 10.0. The number of piperidine rings is 1. The van der Waals surface area contributed by atoms with Crippen LogP contribution in [0, 0.1) is 0 Å². The first-order chi connectivity index (χ1) is 14.2. The van der Waals surface area contributed by atoms with Crippen LogP contribution in [0.2, 0.25) is 5.02 Å². The number of benzene rings is 1. The number of nitrogens with zero attached hydrogens (tertiary/aromatic N) is 5. The van der Waals surface area contributed by atoms with Crippen LogP contribution in [0.1, 0.15) is 12.8 Å². The van der Waals surface area contributed by atoms with Gasteiger partial charge in [0.2, 0.25) is 5.91 Å². The van der Waals surface area contributed by atoms with Crippen molar-refractivity contribution < 1.29 is 4.79 Å². The van der Waals surface area contributed by atoms with Crippen molar-refractivity contribution in [3.63, 3.8) is 0 Å². The van der Waals surface area contributed by atoms with E-state index in [4.69, 9.17) is 11.6 Å². The summed E-state index contributed by atoms with van der Waals surface area (Å²) in [5.74, 6) is 1.28. The Hall–Kier alpha value is -2.97. The zero-order chi connectivity index (χ0) is 19.8. The molecule has 0 radical (unpaired) electrons. The summed E-state index contributed by atoms with van der Waals surface area (Å²) in [6, 6.07) is 12.7. The minimum Gasteiger partial charge on any atom is -0.357 e. The summed E-state index contributed by atoms with van der Waals surface area (Å²) in [7, 11) is 0. The van der Waals surface area contributed by atoms with E-state index in [0.717, 1.165) is 24.1 Å². The van der Waals surface area contributed by atoms with E-state index in [1.54, 1.807) is 26.8 Å². The molecular formula is C20H17ClN6OS. The Labute approximate surface area is 175 Å². The van der Waals surface area contributed by atoms with Crippen molar-refractivity contribution in [2.75, 3.05) is 16.8 Å². The molecule has 5 rings (SSSR count). The first kappa shape index (κ1) is 18.1. The molecule has 0 spiro atoms. The smallest absolute Gasteiger partial charge is 0.249 e. The van der Waals surface area contributed by atoms with Crippen LogP contribution in [-0.2, 0) is 4.79 Å². The van der Waals surface area contributed by atoms with Gasteiger partial charge in [-0.25, -0.2) is 0 Å². The van der Waals surface area contributed by atoms with Gasteiger partial charge in [-0.3, -0.25) is 4.79 Å². The highest BCUT2D eigenvalue weighted by Gasteiger charge is 2.31. The summed E-state index contributed by atoms with van der Waals surface area (Å²) >= 11 is 7.90. The predicted octanol–water partition coefficient (Wildman–Crippen LogP) is 4.11. The number of amides is 1. The molecule has 1 aromatic carbocycles. The summed E-state index contributed by atoms with van der Waals surface area (Å²) in [4.78, 5) is 14.8. The Morgan fingerprint density at radius 2 is 2.03 bits per heavy atom. The largest absolute Gasteiger partial charge is 0.357 e. The van der Waals surface area contributed by atoms with Gasteiger partial charge in [-0.1, -0.05) is 23.7 Å². The molecule has 1 fully saturated rings. The lowest BCUT2D eigenvalue weighted by Gasteiger charge is -2.33. The fraction of sp³-hybridized carbons (Fsp3) is 0.200. The quantitative estimate of drug-likeness (QED) is 0.533. The van der Waals surface area contributed by atoms with Gasteiger partial charge >= 0.3 is 0 Å². The van der Waals surface area contributed by atoms with Gasteiger partial charge in [0.15, 0.2) is 11.5 Å². The van der Waals surface area contributed by atoms with Crippen LogP contribution < -0.4 is 10.2 Å². The molecule has 29 heavy (non-hydrogen) atoms. The van der Waals surface area contributed by atoms with E-state index >= 15 is 0 Å². The molecular weight excluding hydrogens is 408 g/mol. The van der Waals surface area contributed by atoms with Crippen LogP contribution in [0.5, 0.6) is 0 Å². The van der Waals surface area contributed by atoms with E-state index in [0.29, 0.717) is 28.9 Å². The van der Waals surface area contributed by atoms with Crippen LogP contribution in [-0.4, -0.2) is 38.3 Å². The van der Waals surface area contributed by atoms with Gasteiger partial charge in [0.05, 0.1) is 10.7 Å². The van der Waals surface area contributed by atoms with Crippen LogP contribution in [0.4, 0.5) is 11.5 Å². The SMILES string of the molecule is O=C1C(Nc2ccc3nnc(-c4ccsc4)n3n2)CCCN1c1ccccc1Cl. The number of aromatic nitrogens is 4. The summed E-state index contributed by atoms with van der Waals surface area (Å²) in [6.45, 7) is 0.654. The van der Waals surface area contributed by atoms with Gasteiger partial charge < -0.3 is 10.2 Å². The van der Waals surface area contributed by atoms with E-state index in [9.17, 15) is 4.79 Å². The van der Waals surface area contributed by atoms with E-state index in [1.807, 2.05) is 47.2 Å². The average molecular weight is 425 g/mol. The maximum atomic E-state index is 13.1. The molecule has 3 aromatic heterocycles. The molecule has 7 nitrogen and oxygen atoms in total. The summed E-state index contributed by atoms with van der Waals surface area (Å²) in [6.07, 6.45) is 1.61. The number of thiophene rings is 1. The number of anilines is 2. The normalized spacial score (nSPS) is 17.1. The van der Waals surface area contributed by atoms with Crippen LogP contribution in [0.25, 0.3) is 17.0 Å². The second-order valence-corrected chi connectivity index (χ2v) is 7.99. The Balaban J connectivity index is 1.42. The number of carbonyl (C=O) groups excluding carboxylic acids is 1. The third kappa shape index (κ3) is 3.34. The van der Waals surface area contributed by atoms with Crippen LogP contribution >= 0.6 is 22.9 Å². The van der Waals surface area contributed by atoms with Gasteiger partial charge in [0.25, 0.3) is 0 Å². The zero-order valence-electron chi connectivity index (χ0n) is 15.3. The van der Waals surface area contributed by atoms with E-state index in [2.05, 4.69) is 20.6 Å². The molecule has 1 atom stereocenters. The molecule has 9 heteroatoms. The molecule has 1 aliphatic heterocycles. The molecule has 1 N–H and O–H groups in total. The van der Waals surface area contributed by atoms with Gasteiger partial charge in [-0.2, -0.15) is 15.9 Å².